The first-order valence-electron chi connectivity index (χ1n) is 10.4. The summed E-state index contributed by atoms with van der Waals surface area (Å²) in [7, 11) is 0. The number of anilines is 1. The molecule has 172 valence electrons. The molecule has 0 bridgehead atoms. The Hall–Kier alpha value is -3.89. The van der Waals surface area contributed by atoms with Crippen LogP contribution in [0.25, 0.3) is 0 Å². The molecule has 1 fully saturated rings. The molecule has 2 amide bonds. The highest BCUT2D eigenvalue weighted by atomic mass is 16.5. The Bertz CT molecular complexity index is 1220. The Balaban J connectivity index is 1.29. The summed E-state index contributed by atoms with van der Waals surface area (Å²) >= 11 is 0. The normalized spacial score (nSPS) is 19.8. The quantitative estimate of drug-likeness (QED) is 0.453. The highest BCUT2D eigenvalue weighted by molar-refractivity contribution is 5.89. The molecule has 1 aliphatic rings. The van der Waals surface area contributed by atoms with Crippen molar-refractivity contribution >= 4 is 11.7 Å². The van der Waals surface area contributed by atoms with Crippen LogP contribution in [0.2, 0.25) is 0 Å². The molecule has 4 rings (SSSR count). The zero-order chi connectivity index (χ0) is 23.4. The van der Waals surface area contributed by atoms with E-state index in [2.05, 4.69) is 15.6 Å². The van der Waals surface area contributed by atoms with E-state index in [9.17, 15) is 19.5 Å². The maximum atomic E-state index is 12.3. The van der Waals surface area contributed by atoms with Gasteiger partial charge in [0.15, 0.2) is 0 Å². The zero-order valence-electron chi connectivity index (χ0n) is 17.9. The van der Waals surface area contributed by atoms with E-state index in [1.54, 1.807) is 31.2 Å². The number of aromatic nitrogens is 2. The van der Waals surface area contributed by atoms with Crippen molar-refractivity contribution in [2.24, 2.45) is 0 Å². The predicted octanol–water partition coefficient (Wildman–Crippen LogP) is 2.11. The van der Waals surface area contributed by atoms with E-state index in [1.165, 1.54) is 10.8 Å². The highest BCUT2D eigenvalue weighted by Crippen LogP contribution is 2.27. The van der Waals surface area contributed by atoms with E-state index in [0.717, 1.165) is 0 Å². The highest BCUT2D eigenvalue weighted by Gasteiger charge is 2.35. The molecule has 0 unspecified atom stereocenters. The van der Waals surface area contributed by atoms with E-state index < -0.39 is 35.7 Å². The van der Waals surface area contributed by atoms with Crippen LogP contribution in [0.4, 0.5) is 10.5 Å². The standard InChI is InChI=1S/C23H24N4O6/c1-14-13-27(23(31)26-21(14)29)20-11-18(28)19(33-20)12-24-22(30)25-15-7-9-17(10-8-15)32-16-5-3-2-4-6-16/h2-10,13,18-20,28H,11-12H2,1H3,(H2,24,25,30)(H,26,29,31)/t18-,19+,20-/m0/s1. The fourth-order valence-electron chi connectivity index (χ4n) is 3.47. The number of H-pyrrole nitrogens is 1. The molecular formula is C23H24N4O6. The fraction of sp³-hybridized carbons (Fsp3) is 0.261. The fourth-order valence-corrected chi connectivity index (χ4v) is 3.47. The number of carbonyl (C=O) groups excluding carboxylic acids is 1. The van der Waals surface area contributed by atoms with Crippen LogP contribution >= 0.6 is 0 Å². The molecule has 3 aromatic rings. The number of carbonyl (C=O) groups is 1. The number of ether oxygens (including phenoxy) is 2. The van der Waals surface area contributed by atoms with E-state index >= 15 is 0 Å². The van der Waals surface area contributed by atoms with Gasteiger partial charge in [0, 0.05) is 30.4 Å². The number of amides is 2. The van der Waals surface area contributed by atoms with Crippen molar-refractivity contribution in [2.75, 3.05) is 11.9 Å². The average Bonchev–Trinajstić information content (AvgIpc) is 3.17. The molecule has 10 nitrogen and oxygen atoms in total. The number of aliphatic hydroxyl groups excluding tert-OH is 1. The summed E-state index contributed by atoms with van der Waals surface area (Å²) < 4.78 is 12.7. The third kappa shape index (κ3) is 5.48. The molecule has 2 aromatic carbocycles. The number of urea groups is 1. The number of aryl methyl sites for hydroxylation is 1. The maximum absolute atomic E-state index is 12.3. The topological polar surface area (TPSA) is 135 Å². The number of hydrogen-bond acceptors (Lipinski definition) is 6. The number of aliphatic hydroxyl groups is 1. The third-order valence-corrected chi connectivity index (χ3v) is 5.22. The van der Waals surface area contributed by atoms with Gasteiger partial charge in [0.2, 0.25) is 0 Å². The van der Waals surface area contributed by atoms with Gasteiger partial charge in [-0.25, -0.2) is 9.59 Å². The van der Waals surface area contributed by atoms with E-state index in [1.807, 2.05) is 30.3 Å². The summed E-state index contributed by atoms with van der Waals surface area (Å²) in [6.07, 6.45) is -0.783. The van der Waals surface area contributed by atoms with Crippen LogP contribution in [-0.2, 0) is 4.74 Å². The van der Waals surface area contributed by atoms with Gasteiger partial charge in [0.05, 0.1) is 6.10 Å². The Morgan fingerprint density at radius 2 is 1.85 bits per heavy atom. The molecule has 2 heterocycles. The Kier molecular flexibility index (Phi) is 6.57. The Morgan fingerprint density at radius 3 is 2.58 bits per heavy atom. The van der Waals surface area contributed by atoms with Crippen molar-refractivity contribution in [1.29, 1.82) is 0 Å². The number of hydrogen-bond donors (Lipinski definition) is 4. The second-order valence-electron chi connectivity index (χ2n) is 7.69. The SMILES string of the molecule is Cc1cn([C@@H]2C[C@H](O)[C@@H](CNC(=O)Nc3ccc(Oc4ccccc4)cc3)O2)c(=O)[nH]c1=O. The second kappa shape index (κ2) is 9.72. The van der Waals surface area contributed by atoms with Crippen molar-refractivity contribution in [3.05, 3.63) is 87.2 Å². The number of rotatable bonds is 6. The number of benzene rings is 2. The first kappa shape index (κ1) is 22.3. The Labute approximate surface area is 188 Å². The van der Waals surface area contributed by atoms with Crippen LogP contribution in [-0.4, -0.2) is 39.4 Å². The van der Waals surface area contributed by atoms with Crippen LogP contribution in [0.3, 0.4) is 0 Å². The molecule has 1 saturated heterocycles. The minimum atomic E-state index is -0.885. The summed E-state index contributed by atoms with van der Waals surface area (Å²) in [5.74, 6) is 1.34. The predicted molar refractivity (Wildman–Crippen MR) is 121 cm³/mol. The third-order valence-electron chi connectivity index (χ3n) is 5.22. The lowest BCUT2D eigenvalue weighted by Gasteiger charge is -2.17. The lowest BCUT2D eigenvalue weighted by Crippen LogP contribution is -2.39. The van der Waals surface area contributed by atoms with Crippen LogP contribution in [0.5, 0.6) is 11.5 Å². The molecule has 0 aliphatic carbocycles. The van der Waals surface area contributed by atoms with Gasteiger partial charge in [-0.15, -0.1) is 0 Å². The van der Waals surface area contributed by atoms with Gasteiger partial charge >= 0.3 is 11.7 Å². The second-order valence-corrected chi connectivity index (χ2v) is 7.69. The summed E-state index contributed by atoms with van der Waals surface area (Å²) in [4.78, 5) is 38.1. The van der Waals surface area contributed by atoms with Crippen LogP contribution in [0, 0.1) is 6.92 Å². The van der Waals surface area contributed by atoms with E-state index in [4.69, 9.17) is 9.47 Å². The van der Waals surface area contributed by atoms with E-state index in [-0.39, 0.29) is 13.0 Å². The summed E-state index contributed by atoms with van der Waals surface area (Å²) in [5, 5.41) is 15.6. The lowest BCUT2D eigenvalue weighted by atomic mass is 10.2. The summed E-state index contributed by atoms with van der Waals surface area (Å²) in [6.45, 7) is 1.61. The largest absolute Gasteiger partial charge is 0.457 e. The van der Waals surface area contributed by atoms with Crippen molar-refractivity contribution in [3.63, 3.8) is 0 Å². The first-order valence-corrected chi connectivity index (χ1v) is 10.4. The molecule has 4 N–H and O–H groups in total. The molecule has 0 radical (unpaired) electrons. The van der Waals surface area contributed by atoms with E-state index in [0.29, 0.717) is 22.7 Å². The molecule has 10 heteroatoms. The lowest BCUT2D eigenvalue weighted by molar-refractivity contribution is -0.0178. The van der Waals surface area contributed by atoms with Crippen molar-refractivity contribution in [2.45, 2.75) is 31.8 Å². The molecule has 0 saturated carbocycles. The summed E-state index contributed by atoms with van der Waals surface area (Å²) in [6, 6.07) is 15.8. The monoisotopic (exact) mass is 452 g/mol. The molecular weight excluding hydrogens is 428 g/mol. The van der Waals surface area contributed by atoms with Gasteiger partial charge in [-0.3, -0.25) is 14.3 Å². The molecule has 1 aliphatic heterocycles. The minimum Gasteiger partial charge on any atom is -0.457 e. The van der Waals surface area contributed by atoms with Gasteiger partial charge in [-0.2, -0.15) is 0 Å². The van der Waals surface area contributed by atoms with Crippen molar-refractivity contribution in [3.8, 4) is 11.5 Å². The molecule has 3 atom stereocenters. The summed E-state index contributed by atoms with van der Waals surface area (Å²) in [5.41, 5.74) is -0.166. The van der Waals surface area contributed by atoms with Gasteiger partial charge in [-0.1, -0.05) is 18.2 Å². The van der Waals surface area contributed by atoms with Gasteiger partial charge < -0.3 is 25.2 Å². The molecule has 0 spiro atoms. The number of para-hydroxylation sites is 1. The minimum absolute atomic E-state index is 0.0375. The van der Waals surface area contributed by atoms with Gasteiger partial charge in [0.25, 0.3) is 5.56 Å². The number of nitrogens with one attached hydrogen (secondary N) is 3. The Morgan fingerprint density at radius 1 is 1.15 bits per heavy atom. The average molecular weight is 452 g/mol. The van der Waals surface area contributed by atoms with Gasteiger partial charge in [0.1, 0.15) is 23.8 Å². The number of aromatic amines is 1. The van der Waals surface area contributed by atoms with Crippen molar-refractivity contribution < 1.29 is 19.4 Å². The zero-order valence-corrected chi connectivity index (χ0v) is 17.9. The maximum Gasteiger partial charge on any atom is 0.330 e. The molecule has 33 heavy (non-hydrogen) atoms. The smallest absolute Gasteiger partial charge is 0.330 e. The number of nitrogens with zero attached hydrogens (tertiary/aromatic N) is 1. The first-order chi connectivity index (χ1) is 15.9. The van der Waals surface area contributed by atoms with Crippen molar-refractivity contribution in [1.82, 2.24) is 14.9 Å². The van der Waals surface area contributed by atoms with Crippen LogP contribution in [0.1, 0.15) is 18.2 Å². The molecule has 1 aromatic heterocycles. The van der Waals surface area contributed by atoms with Gasteiger partial charge in [-0.05, 0) is 43.3 Å². The van der Waals surface area contributed by atoms with Crippen LogP contribution in [0.15, 0.2) is 70.4 Å². The van der Waals surface area contributed by atoms with Crippen LogP contribution < -0.4 is 26.6 Å².